The van der Waals surface area contributed by atoms with Gasteiger partial charge in [0.2, 0.25) is 0 Å². The van der Waals surface area contributed by atoms with Crippen LogP contribution in [0.1, 0.15) is 6.92 Å². The zero-order chi connectivity index (χ0) is 9.97. The van der Waals surface area contributed by atoms with Gasteiger partial charge >= 0.3 is 0 Å². The molecule has 2 rings (SSSR count). The molecule has 1 atom stereocenters. The van der Waals surface area contributed by atoms with Crippen LogP contribution in [0.15, 0.2) is 18.3 Å². The minimum Gasteiger partial charge on any atom is -0.384 e. The van der Waals surface area contributed by atoms with E-state index in [0.717, 1.165) is 25.3 Å². The maximum Gasteiger partial charge on any atom is 0.123 e. The van der Waals surface area contributed by atoms with E-state index in [2.05, 4.69) is 22.1 Å². The number of anilines is 2. The molecular weight excluding hydrogens is 176 g/mol. The van der Waals surface area contributed by atoms with Crippen molar-refractivity contribution in [2.24, 2.45) is 0 Å². The van der Waals surface area contributed by atoms with Crippen LogP contribution in [0.5, 0.6) is 0 Å². The summed E-state index contributed by atoms with van der Waals surface area (Å²) in [4.78, 5) is 6.42. The third-order valence-electron chi connectivity index (χ3n) is 2.50. The Labute approximate surface area is 84.1 Å². The molecule has 76 valence electrons. The second-order valence-electron chi connectivity index (χ2n) is 3.74. The second-order valence-corrected chi connectivity index (χ2v) is 3.74. The topological polar surface area (TPSA) is 54.2 Å². The van der Waals surface area contributed by atoms with Crippen LogP contribution < -0.4 is 16.0 Å². The zero-order valence-electron chi connectivity index (χ0n) is 8.40. The van der Waals surface area contributed by atoms with Crippen molar-refractivity contribution in [3.63, 3.8) is 0 Å². The maximum atomic E-state index is 5.54. The number of hydrogen-bond acceptors (Lipinski definition) is 4. The molecule has 0 aliphatic carbocycles. The predicted octanol–water partition coefficient (Wildman–Crippen LogP) is 0.462. The molecule has 1 aromatic rings. The summed E-state index contributed by atoms with van der Waals surface area (Å²) in [6, 6.07) is 4.42. The van der Waals surface area contributed by atoms with Crippen LogP contribution in [-0.4, -0.2) is 30.7 Å². The number of hydrogen-bond donors (Lipinski definition) is 2. The van der Waals surface area contributed by atoms with E-state index < -0.39 is 0 Å². The molecule has 14 heavy (non-hydrogen) atoms. The average Bonchev–Trinajstić information content (AvgIpc) is 2.19. The van der Waals surface area contributed by atoms with Gasteiger partial charge in [-0.3, -0.25) is 0 Å². The Kier molecular flexibility index (Phi) is 2.54. The lowest BCUT2D eigenvalue weighted by Crippen LogP contribution is -2.49. The Bertz CT molecular complexity index is 295. The summed E-state index contributed by atoms with van der Waals surface area (Å²) in [6.45, 7) is 5.30. The summed E-state index contributed by atoms with van der Waals surface area (Å²) in [5, 5.41) is 3.41. The minimum atomic E-state index is 0.543. The number of nitrogens with zero attached hydrogens (tertiary/aromatic N) is 2. The SMILES string of the molecule is CC1CN(c2ccc(N)nc2)CCN1. The van der Waals surface area contributed by atoms with E-state index >= 15 is 0 Å². The normalized spacial score (nSPS) is 22.4. The first-order chi connectivity index (χ1) is 6.75. The number of aromatic nitrogens is 1. The highest BCUT2D eigenvalue weighted by Gasteiger charge is 2.15. The number of nitrogens with two attached hydrogens (primary N) is 1. The molecule has 3 N–H and O–H groups in total. The molecule has 0 aromatic carbocycles. The highest BCUT2D eigenvalue weighted by molar-refractivity contribution is 5.48. The van der Waals surface area contributed by atoms with Gasteiger partial charge in [0.15, 0.2) is 0 Å². The van der Waals surface area contributed by atoms with Gasteiger partial charge in [0, 0.05) is 25.7 Å². The second kappa shape index (κ2) is 3.84. The third-order valence-corrected chi connectivity index (χ3v) is 2.50. The summed E-state index contributed by atoms with van der Waals surface area (Å²) in [7, 11) is 0. The first kappa shape index (κ1) is 9.27. The van der Waals surface area contributed by atoms with Crippen molar-refractivity contribution in [3.8, 4) is 0 Å². The Morgan fingerprint density at radius 2 is 2.43 bits per heavy atom. The van der Waals surface area contributed by atoms with Crippen LogP contribution in [0.3, 0.4) is 0 Å². The molecule has 4 nitrogen and oxygen atoms in total. The summed E-state index contributed by atoms with van der Waals surface area (Å²) < 4.78 is 0. The van der Waals surface area contributed by atoms with Crippen molar-refractivity contribution in [2.75, 3.05) is 30.3 Å². The van der Waals surface area contributed by atoms with Crippen molar-refractivity contribution in [1.29, 1.82) is 0 Å². The van der Waals surface area contributed by atoms with Crippen molar-refractivity contribution in [1.82, 2.24) is 10.3 Å². The molecule has 2 heterocycles. The Morgan fingerprint density at radius 1 is 1.57 bits per heavy atom. The number of rotatable bonds is 1. The van der Waals surface area contributed by atoms with Gasteiger partial charge in [-0.25, -0.2) is 4.98 Å². The van der Waals surface area contributed by atoms with Gasteiger partial charge in [0.1, 0.15) is 5.82 Å². The third kappa shape index (κ3) is 1.96. The molecular formula is C10H16N4. The van der Waals surface area contributed by atoms with Crippen LogP contribution >= 0.6 is 0 Å². The fourth-order valence-corrected chi connectivity index (χ4v) is 1.75. The molecule has 1 aliphatic heterocycles. The molecule has 4 heteroatoms. The summed E-state index contributed by atoms with van der Waals surface area (Å²) >= 11 is 0. The Morgan fingerprint density at radius 3 is 3.07 bits per heavy atom. The molecule has 1 aromatic heterocycles. The molecule has 1 aliphatic rings. The van der Waals surface area contributed by atoms with E-state index in [-0.39, 0.29) is 0 Å². The van der Waals surface area contributed by atoms with Gasteiger partial charge in [0.05, 0.1) is 11.9 Å². The molecule has 0 spiro atoms. The van der Waals surface area contributed by atoms with E-state index in [4.69, 9.17) is 5.73 Å². The largest absolute Gasteiger partial charge is 0.384 e. The number of nitrogens with one attached hydrogen (secondary N) is 1. The lowest BCUT2D eigenvalue weighted by molar-refractivity contribution is 0.484. The van der Waals surface area contributed by atoms with Crippen molar-refractivity contribution >= 4 is 11.5 Å². The van der Waals surface area contributed by atoms with Gasteiger partial charge in [-0.05, 0) is 19.1 Å². The van der Waals surface area contributed by atoms with E-state index in [1.165, 1.54) is 0 Å². The lowest BCUT2D eigenvalue weighted by Gasteiger charge is -2.33. The molecule has 0 radical (unpaired) electrons. The Hall–Kier alpha value is -1.29. The Balaban J connectivity index is 2.10. The van der Waals surface area contributed by atoms with Gasteiger partial charge in [-0.2, -0.15) is 0 Å². The van der Waals surface area contributed by atoms with Crippen molar-refractivity contribution in [3.05, 3.63) is 18.3 Å². The van der Waals surface area contributed by atoms with Crippen LogP contribution in [0.2, 0.25) is 0 Å². The number of piperazine rings is 1. The minimum absolute atomic E-state index is 0.543. The molecule has 0 amide bonds. The quantitative estimate of drug-likeness (QED) is 0.679. The fourth-order valence-electron chi connectivity index (χ4n) is 1.75. The van der Waals surface area contributed by atoms with Gasteiger partial charge in [0.25, 0.3) is 0 Å². The smallest absolute Gasteiger partial charge is 0.123 e. The summed E-state index contributed by atoms with van der Waals surface area (Å²) in [6.07, 6.45) is 1.84. The zero-order valence-corrected chi connectivity index (χ0v) is 8.40. The standard InChI is InChI=1S/C10H16N4/c1-8-7-14(5-4-12-8)9-2-3-10(11)13-6-9/h2-3,6,8,12H,4-5,7H2,1H3,(H2,11,13). The molecule has 1 unspecified atom stereocenters. The van der Waals surface area contributed by atoms with Gasteiger partial charge in [-0.1, -0.05) is 0 Å². The van der Waals surface area contributed by atoms with Crippen molar-refractivity contribution in [2.45, 2.75) is 13.0 Å². The number of pyridine rings is 1. The predicted molar refractivity (Wildman–Crippen MR) is 58.3 cm³/mol. The summed E-state index contributed by atoms with van der Waals surface area (Å²) in [5.74, 6) is 0.580. The fraction of sp³-hybridized carbons (Fsp3) is 0.500. The van der Waals surface area contributed by atoms with Gasteiger partial charge < -0.3 is 16.0 Å². The summed E-state index contributed by atoms with van der Waals surface area (Å²) in [5.41, 5.74) is 6.70. The lowest BCUT2D eigenvalue weighted by atomic mass is 10.2. The highest BCUT2D eigenvalue weighted by Crippen LogP contribution is 2.15. The molecule has 1 fully saturated rings. The monoisotopic (exact) mass is 192 g/mol. The van der Waals surface area contributed by atoms with Crippen LogP contribution in [0.4, 0.5) is 11.5 Å². The molecule has 0 saturated carbocycles. The van der Waals surface area contributed by atoms with Crippen LogP contribution in [-0.2, 0) is 0 Å². The van der Waals surface area contributed by atoms with Crippen LogP contribution in [0.25, 0.3) is 0 Å². The molecule has 1 saturated heterocycles. The van der Waals surface area contributed by atoms with Gasteiger partial charge in [-0.15, -0.1) is 0 Å². The highest BCUT2D eigenvalue weighted by atomic mass is 15.2. The van der Waals surface area contributed by atoms with E-state index in [9.17, 15) is 0 Å². The molecule has 0 bridgehead atoms. The van der Waals surface area contributed by atoms with E-state index in [0.29, 0.717) is 11.9 Å². The average molecular weight is 192 g/mol. The first-order valence-electron chi connectivity index (χ1n) is 4.95. The van der Waals surface area contributed by atoms with Crippen molar-refractivity contribution < 1.29 is 0 Å². The van der Waals surface area contributed by atoms with E-state index in [1.807, 2.05) is 18.3 Å². The first-order valence-corrected chi connectivity index (χ1v) is 4.95. The van der Waals surface area contributed by atoms with Crippen LogP contribution in [0, 0.1) is 0 Å². The van der Waals surface area contributed by atoms with E-state index in [1.54, 1.807) is 0 Å². The number of nitrogen functional groups attached to an aromatic ring is 1. The maximum absolute atomic E-state index is 5.54.